The lowest BCUT2D eigenvalue weighted by Gasteiger charge is -2.29. The fourth-order valence-corrected chi connectivity index (χ4v) is 4.80. The summed E-state index contributed by atoms with van der Waals surface area (Å²) in [4.78, 5) is 40.2. The maximum absolute atomic E-state index is 13.2. The van der Waals surface area contributed by atoms with E-state index in [9.17, 15) is 14.4 Å². The molecule has 3 heterocycles. The van der Waals surface area contributed by atoms with E-state index in [-0.39, 0.29) is 18.2 Å². The zero-order valence-electron chi connectivity index (χ0n) is 17.0. The number of carbonyl (C=O) groups excluding carboxylic acids is 1. The molecule has 1 N–H and O–H groups in total. The Morgan fingerprint density at radius 1 is 1.36 bits per heavy atom. The number of nitrogens with one attached hydrogen (secondary N) is 1. The molecule has 1 aliphatic heterocycles. The van der Waals surface area contributed by atoms with Gasteiger partial charge in [-0.25, -0.2) is 4.79 Å². The van der Waals surface area contributed by atoms with Crippen LogP contribution in [0.25, 0.3) is 10.2 Å². The van der Waals surface area contributed by atoms with Crippen LogP contribution >= 0.6 is 11.3 Å². The minimum absolute atomic E-state index is 0.146. The van der Waals surface area contributed by atoms with Gasteiger partial charge in [0.05, 0.1) is 24.2 Å². The number of hydrogen-bond acceptors (Lipinski definition) is 6. The Balaban J connectivity index is 2.16. The predicted octanol–water partition coefficient (Wildman–Crippen LogP) is 1.42. The molecule has 1 amide bonds. The van der Waals surface area contributed by atoms with E-state index in [1.165, 1.54) is 18.4 Å². The number of thiophene rings is 1. The molecule has 9 heteroatoms. The Hall–Kier alpha value is -1.97. The van der Waals surface area contributed by atoms with Crippen molar-refractivity contribution in [2.24, 2.45) is 0 Å². The number of ether oxygens (including phenoxy) is 2. The van der Waals surface area contributed by atoms with Crippen molar-refractivity contribution in [2.45, 2.75) is 58.9 Å². The van der Waals surface area contributed by atoms with Crippen molar-refractivity contribution in [3.8, 4) is 0 Å². The highest BCUT2D eigenvalue weighted by molar-refractivity contribution is 7.18. The van der Waals surface area contributed by atoms with Crippen molar-refractivity contribution in [1.29, 1.82) is 0 Å². The van der Waals surface area contributed by atoms with Gasteiger partial charge in [-0.05, 0) is 33.3 Å². The highest BCUT2D eigenvalue weighted by Crippen LogP contribution is 2.37. The standard InChI is InChI=1S/C19H27N3O5S/c1-11(2)22-17-15(12-8-19(3,4)27-10-13(12)28-17)16(24)21(18(22)25)9-14(23)20-6-7-26-5/h11H,6-10H2,1-5H3,(H,20,23). The van der Waals surface area contributed by atoms with Gasteiger partial charge in [0.15, 0.2) is 0 Å². The number of rotatable bonds is 6. The lowest BCUT2D eigenvalue weighted by molar-refractivity contribution is -0.122. The molecule has 0 unspecified atom stereocenters. The van der Waals surface area contributed by atoms with Gasteiger partial charge in [0.1, 0.15) is 11.4 Å². The Morgan fingerprint density at radius 3 is 2.71 bits per heavy atom. The Kier molecular flexibility index (Phi) is 5.79. The van der Waals surface area contributed by atoms with Gasteiger partial charge in [-0.1, -0.05) is 0 Å². The lowest BCUT2D eigenvalue weighted by atomic mass is 9.94. The van der Waals surface area contributed by atoms with E-state index in [2.05, 4.69) is 5.32 Å². The molecule has 2 aromatic rings. The largest absolute Gasteiger partial charge is 0.383 e. The lowest BCUT2D eigenvalue weighted by Crippen LogP contribution is -2.44. The van der Waals surface area contributed by atoms with Gasteiger partial charge in [-0.15, -0.1) is 11.3 Å². The number of carbonyl (C=O) groups is 1. The summed E-state index contributed by atoms with van der Waals surface area (Å²) >= 11 is 1.44. The summed E-state index contributed by atoms with van der Waals surface area (Å²) in [6.07, 6.45) is 0.591. The third kappa shape index (κ3) is 3.78. The molecule has 8 nitrogen and oxygen atoms in total. The molecule has 2 aromatic heterocycles. The summed E-state index contributed by atoms with van der Waals surface area (Å²) in [5.41, 5.74) is -0.319. The summed E-state index contributed by atoms with van der Waals surface area (Å²) in [5, 5.41) is 3.20. The molecule has 0 saturated carbocycles. The van der Waals surface area contributed by atoms with Crippen molar-refractivity contribution in [1.82, 2.24) is 14.5 Å². The van der Waals surface area contributed by atoms with Crippen LogP contribution < -0.4 is 16.6 Å². The van der Waals surface area contributed by atoms with E-state index < -0.39 is 17.2 Å². The summed E-state index contributed by atoms with van der Waals surface area (Å²) in [5.74, 6) is -0.390. The zero-order chi connectivity index (χ0) is 20.6. The van der Waals surface area contributed by atoms with Crippen molar-refractivity contribution < 1.29 is 14.3 Å². The first-order chi connectivity index (χ1) is 13.2. The number of fused-ring (bicyclic) bond motifs is 3. The maximum atomic E-state index is 13.2. The van der Waals surface area contributed by atoms with Gasteiger partial charge in [0.25, 0.3) is 5.56 Å². The van der Waals surface area contributed by atoms with Gasteiger partial charge in [-0.2, -0.15) is 0 Å². The van der Waals surface area contributed by atoms with Gasteiger partial charge in [0.2, 0.25) is 5.91 Å². The van der Waals surface area contributed by atoms with E-state index in [0.29, 0.717) is 36.4 Å². The number of amides is 1. The van der Waals surface area contributed by atoms with Gasteiger partial charge >= 0.3 is 5.69 Å². The van der Waals surface area contributed by atoms with Crippen LogP contribution in [-0.2, 0) is 33.8 Å². The molecule has 0 saturated heterocycles. The first-order valence-corrected chi connectivity index (χ1v) is 10.2. The fraction of sp³-hybridized carbons (Fsp3) is 0.632. The van der Waals surface area contributed by atoms with Crippen LogP contribution in [0, 0.1) is 0 Å². The maximum Gasteiger partial charge on any atom is 0.332 e. The molecule has 154 valence electrons. The van der Waals surface area contributed by atoms with Crippen LogP contribution in [-0.4, -0.2) is 40.9 Å². The van der Waals surface area contributed by atoms with Gasteiger partial charge in [-0.3, -0.25) is 18.7 Å². The number of hydrogen-bond donors (Lipinski definition) is 1. The second-order valence-corrected chi connectivity index (χ2v) is 8.97. The van der Waals surface area contributed by atoms with Gasteiger partial charge in [0, 0.05) is 31.0 Å². The van der Waals surface area contributed by atoms with E-state index in [1.807, 2.05) is 27.7 Å². The molecule has 3 rings (SSSR count). The second-order valence-electron chi connectivity index (χ2n) is 7.89. The molecule has 0 aromatic carbocycles. The molecule has 0 spiro atoms. The summed E-state index contributed by atoms with van der Waals surface area (Å²) in [7, 11) is 1.54. The number of methoxy groups -OCH3 is 1. The average molecular weight is 410 g/mol. The molecule has 0 radical (unpaired) electrons. The molecular formula is C19H27N3O5S. The van der Waals surface area contributed by atoms with E-state index >= 15 is 0 Å². The molecule has 0 bridgehead atoms. The monoisotopic (exact) mass is 409 g/mol. The van der Waals surface area contributed by atoms with E-state index in [4.69, 9.17) is 9.47 Å². The first kappa shape index (κ1) is 20.8. The van der Waals surface area contributed by atoms with Crippen molar-refractivity contribution in [3.63, 3.8) is 0 Å². The summed E-state index contributed by atoms with van der Waals surface area (Å²) < 4.78 is 13.4. The third-order valence-electron chi connectivity index (χ3n) is 4.83. The van der Waals surface area contributed by atoms with E-state index in [0.717, 1.165) is 15.0 Å². The normalized spacial score (nSPS) is 15.8. The highest BCUT2D eigenvalue weighted by atomic mass is 32.1. The molecule has 0 aliphatic carbocycles. The molecule has 1 aliphatic rings. The highest BCUT2D eigenvalue weighted by Gasteiger charge is 2.32. The van der Waals surface area contributed by atoms with Crippen molar-refractivity contribution in [3.05, 3.63) is 31.3 Å². The number of nitrogens with zero attached hydrogens (tertiary/aromatic N) is 2. The fourth-order valence-electron chi connectivity index (χ4n) is 3.45. The second kappa shape index (κ2) is 7.81. The minimum Gasteiger partial charge on any atom is -0.383 e. The van der Waals surface area contributed by atoms with Crippen LogP contribution in [0.5, 0.6) is 0 Å². The molecule has 0 atom stereocenters. The topological polar surface area (TPSA) is 91.6 Å². The predicted molar refractivity (Wildman–Crippen MR) is 108 cm³/mol. The quantitative estimate of drug-likeness (QED) is 0.729. The zero-order valence-corrected chi connectivity index (χ0v) is 17.8. The van der Waals surface area contributed by atoms with Crippen molar-refractivity contribution >= 4 is 27.5 Å². The number of aromatic nitrogens is 2. The summed E-state index contributed by atoms with van der Waals surface area (Å²) in [6.45, 7) is 8.56. The Labute approximate surface area is 167 Å². The minimum atomic E-state index is -0.465. The molecular weight excluding hydrogens is 382 g/mol. The molecule has 28 heavy (non-hydrogen) atoms. The van der Waals surface area contributed by atoms with Gasteiger partial charge < -0.3 is 14.8 Å². The Morgan fingerprint density at radius 2 is 2.07 bits per heavy atom. The van der Waals surface area contributed by atoms with Crippen molar-refractivity contribution in [2.75, 3.05) is 20.3 Å². The average Bonchev–Trinajstić information content (AvgIpc) is 2.95. The third-order valence-corrected chi connectivity index (χ3v) is 6.03. The van der Waals surface area contributed by atoms with E-state index in [1.54, 1.807) is 4.57 Å². The SMILES string of the molecule is COCCNC(=O)Cn1c(=O)c2c3c(sc2n(C(C)C)c1=O)COC(C)(C)C3. The molecule has 0 fully saturated rings. The summed E-state index contributed by atoms with van der Waals surface area (Å²) in [6, 6.07) is -0.146. The first-order valence-electron chi connectivity index (χ1n) is 9.35. The van der Waals surface area contributed by atoms with Crippen LogP contribution in [0.4, 0.5) is 0 Å². The smallest absolute Gasteiger partial charge is 0.332 e. The van der Waals surface area contributed by atoms with Crippen LogP contribution in [0.15, 0.2) is 9.59 Å². The van der Waals surface area contributed by atoms with Crippen LogP contribution in [0.1, 0.15) is 44.2 Å². The van der Waals surface area contributed by atoms with Crippen LogP contribution in [0.2, 0.25) is 0 Å². The Bertz CT molecular complexity index is 1020. The van der Waals surface area contributed by atoms with Crippen LogP contribution in [0.3, 0.4) is 0 Å².